The number of amides is 2. The fraction of sp³-hybridized carbons (Fsp3) is 0.222. The zero-order chi connectivity index (χ0) is 17.6. The van der Waals surface area contributed by atoms with Gasteiger partial charge in [-0.25, -0.2) is 0 Å². The molecule has 0 aliphatic rings. The van der Waals surface area contributed by atoms with E-state index in [1.807, 2.05) is 30.3 Å². The number of rotatable bonds is 5. The standard InChI is InChI=1S/C18H20N2O4/c1-18(2,12-21)20-17(23)16(22)19-13-8-10-15(11-9-13)24-14-6-4-3-5-7-14/h3-11,21H,12H2,1-2H3,(H,19,22)(H,20,23). The molecule has 0 saturated heterocycles. The van der Waals surface area contributed by atoms with Gasteiger partial charge in [-0.15, -0.1) is 0 Å². The van der Waals surface area contributed by atoms with Crippen molar-refractivity contribution in [2.75, 3.05) is 11.9 Å². The van der Waals surface area contributed by atoms with E-state index in [0.29, 0.717) is 17.2 Å². The molecule has 2 amide bonds. The Morgan fingerprint density at radius 1 is 0.958 bits per heavy atom. The van der Waals surface area contributed by atoms with Gasteiger partial charge in [0.25, 0.3) is 0 Å². The molecule has 0 aliphatic heterocycles. The third kappa shape index (κ3) is 5.10. The van der Waals surface area contributed by atoms with E-state index in [1.165, 1.54) is 0 Å². The molecule has 126 valence electrons. The van der Waals surface area contributed by atoms with Gasteiger partial charge in [-0.3, -0.25) is 9.59 Å². The van der Waals surface area contributed by atoms with Crippen molar-refractivity contribution in [3.8, 4) is 11.5 Å². The first-order valence-electron chi connectivity index (χ1n) is 7.47. The lowest BCUT2D eigenvalue weighted by molar-refractivity contribution is -0.137. The van der Waals surface area contributed by atoms with E-state index in [9.17, 15) is 9.59 Å². The summed E-state index contributed by atoms with van der Waals surface area (Å²) in [4.78, 5) is 23.6. The van der Waals surface area contributed by atoms with E-state index in [-0.39, 0.29) is 6.61 Å². The first kappa shape index (κ1) is 17.5. The number of aliphatic hydroxyl groups is 1. The predicted molar refractivity (Wildman–Crippen MR) is 90.9 cm³/mol. The SMILES string of the molecule is CC(C)(CO)NC(=O)C(=O)Nc1ccc(Oc2ccccc2)cc1. The van der Waals surface area contributed by atoms with Crippen LogP contribution < -0.4 is 15.4 Å². The normalized spacial score (nSPS) is 10.8. The van der Waals surface area contributed by atoms with Gasteiger partial charge < -0.3 is 20.5 Å². The molecule has 0 heterocycles. The first-order chi connectivity index (χ1) is 11.4. The molecule has 6 heteroatoms. The van der Waals surface area contributed by atoms with Gasteiger partial charge >= 0.3 is 11.8 Å². The summed E-state index contributed by atoms with van der Waals surface area (Å²) in [6.45, 7) is 2.97. The van der Waals surface area contributed by atoms with E-state index >= 15 is 0 Å². The molecule has 2 aromatic rings. The number of anilines is 1. The maximum absolute atomic E-state index is 11.8. The molecule has 0 spiro atoms. The minimum atomic E-state index is -0.859. The summed E-state index contributed by atoms with van der Waals surface area (Å²) in [5.74, 6) is -0.281. The molecular formula is C18H20N2O4. The van der Waals surface area contributed by atoms with Crippen molar-refractivity contribution in [2.45, 2.75) is 19.4 Å². The van der Waals surface area contributed by atoms with Crippen molar-refractivity contribution in [3.05, 3.63) is 54.6 Å². The quantitative estimate of drug-likeness (QED) is 0.735. The van der Waals surface area contributed by atoms with Gasteiger partial charge in [0.1, 0.15) is 11.5 Å². The highest BCUT2D eigenvalue weighted by atomic mass is 16.5. The molecule has 0 fully saturated rings. The Bertz CT molecular complexity index is 697. The molecule has 0 unspecified atom stereocenters. The molecule has 2 rings (SSSR count). The van der Waals surface area contributed by atoms with E-state index < -0.39 is 17.4 Å². The molecule has 0 bridgehead atoms. The Morgan fingerprint density at radius 3 is 2.12 bits per heavy atom. The van der Waals surface area contributed by atoms with Crippen molar-refractivity contribution in [3.63, 3.8) is 0 Å². The molecule has 0 radical (unpaired) electrons. The summed E-state index contributed by atoms with van der Waals surface area (Å²) in [5.41, 5.74) is -0.390. The second kappa shape index (κ2) is 7.61. The van der Waals surface area contributed by atoms with Gasteiger partial charge in [-0.05, 0) is 50.2 Å². The molecular weight excluding hydrogens is 308 g/mol. The predicted octanol–water partition coefficient (Wildman–Crippen LogP) is 2.30. The monoisotopic (exact) mass is 328 g/mol. The number of para-hydroxylation sites is 1. The highest BCUT2D eigenvalue weighted by molar-refractivity contribution is 6.39. The highest BCUT2D eigenvalue weighted by Gasteiger charge is 2.23. The summed E-state index contributed by atoms with van der Waals surface area (Å²) >= 11 is 0. The van der Waals surface area contributed by atoms with Gasteiger partial charge in [0.2, 0.25) is 0 Å². The summed E-state index contributed by atoms with van der Waals surface area (Å²) < 4.78 is 5.65. The summed E-state index contributed by atoms with van der Waals surface area (Å²) in [6.07, 6.45) is 0. The fourth-order valence-electron chi connectivity index (χ4n) is 1.82. The number of aliphatic hydroxyl groups excluding tert-OH is 1. The Morgan fingerprint density at radius 2 is 1.54 bits per heavy atom. The van der Waals surface area contributed by atoms with E-state index in [4.69, 9.17) is 9.84 Å². The van der Waals surface area contributed by atoms with Crippen LogP contribution in [0.2, 0.25) is 0 Å². The first-order valence-corrected chi connectivity index (χ1v) is 7.47. The molecule has 2 aromatic carbocycles. The number of ether oxygens (including phenoxy) is 1. The fourth-order valence-corrected chi connectivity index (χ4v) is 1.82. The molecule has 0 aromatic heterocycles. The van der Waals surface area contributed by atoms with Crippen LogP contribution >= 0.6 is 0 Å². The molecule has 3 N–H and O–H groups in total. The van der Waals surface area contributed by atoms with Crippen LogP contribution in [0.5, 0.6) is 11.5 Å². The molecule has 0 aliphatic carbocycles. The second-order valence-electron chi connectivity index (χ2n) is 5.89. The van der Waals surface area contributed by atoms with E-state index in [1.54, 1.807) is 38.1 Å². The second-order valence-corrected chi connectivity index (χ2v) is 5.89. The van der Waals surface area contributed by atoms with Gasteiger partial charge in [0.05, 0.1) is 12.1 Å². The van der Waals surface area contributed by atoms with Crippen LogP contribution in [-0.4, -0.2) is 29.1 Å². The molecule has 24 heavy (non-hydrogen) atoms. The van der Waals surface area contributed by atoms with Gasteiger partial charge in [-0.2, -0.15) is 0 Å². The third-order valence-electron chi connectivity index (χ3n) is 3.14. The summed E-state index contributed by atoms with van der Waals surface area (Å²) in [7, 11) is 0. The minimum Gasteiger partial charge on any atom is -0.457 e. The van der Waals surface area contributed by atoms with Gasteiger partial charge in [0, 0.05) is 5.69 Å². The number of hydrogen-bond acceptors (Lipinski definition) is 4. The van der Waals surface area contributed by atoms with Crippen molar-refractivity contribution in [1.82, 2.24) is 5.32 Å². The lowest BCUT2D eigenvalue weighted by Gasteiger charge is -2.22. The van der Waals surface area contributed by atoms with Crippen molar-refractivity contribution in [2.24, 2.45) is 0 Å². The number of hydrogen-bond donors (Lipinski definition) is 3. The smallest absolute Gasteiger partial charge is 0.313 e. The van der Waals surface area contributed by atoms with Gasteiger partial charge in [0.15, 0.2) is 0 Å². The summed E-state index contributed by atoms with van der Waals surface area (Å²) in [6, 6.07) is 16.0. The maximum Gasteiger partial charge on any atom is 0.313 e. The van der Waals surface area contributed by atoms with Crippen LogP contribution in [0.15, 0.2) is 54.6 Å². The lowest BCUT2D eigenvalue weighted by atomic mass is 10.1. The van der Waals surface area contributed by atoms with Gasteiger partial charge in [-0.1, -0.05) is 18.2 Å². The van der Waals surface area contributed by atoms with Crippen LogP contribution in [0.4, 0.5) is 5.69 Å². The zero-order valence-electron chi connectivity index (χ0n) is 13.6. The maximum atomic E-state index is 11.8. The van der Waals surface area contributed by atoms with Crippen LogP contribution in [-0.2, 0) is 9.59 Å². The third-order valence-corrected chi connectivity index (χ3v) is 3.14. The van der Waals surface area contributed by atoms with Crippen molar-refractivity contribution < 1.29 is 19.4 Å². The Labute approximate surface area is 140 Å². The average molecular weight is 328 g/mol. The molecule has 0 atom stereocenters. The number of nitrogens with one attached hydrogen (secondary N) is 2. The topological polar surface area (TPSA) is 87.7 Å². The van der Waals surface area contributed by atoms with Crippen LogP contribution in [0.3, 0.4) is 0 Å². The van der Waals surface area contributed by atoms with E-state index in [2.05, 4.69) is 10.6 Å². The Kier molecular flexibility index (Phi) is 5.55. The largest absolute Gasteiger partial charge is 0.457 e. The Hall–Kier alpha value is -2.86. The zero-order valence-corrected chi connectivity index (χ0v) is 13.6. The number of carbonyl (C=O) groups is 2. The van der Waals surface area contributed by atoms with Crippen molar-refractivity contribution >= 4 is 17.5 Å². The van der Waals surface area contributed by atoms with Crippen LogP contribution in [0, 0.1) is 0 Å². The number of benzene rings is 2. The van der Waals surface area contributed by atoms with Crippen LogP contribution in [0.1, 0.15) is 13.8 Å². The molecule has 0 saturated carbocycles. The number of carbonyl (C=O) groups excluding carboxylic acids is 2. The summed E-state index contributed by atoms with van der Waals surface area (Å²) in [5, 5.41) is 14.0. The molecule has 6 nitrogen and oxygen atoms in total. The Balaban J connectivity index is 1.94. The average Bonchev–Trinajstić information content (AvgIpc) is 2.57. The van der Waals surface area contributed by atoms with Crippen LogP contribution in [0.25, 0.3) is 0 Å². The van der Waals surface area contributed by atoms with E-state index in [0.717, 1.165) is 0 Å². The minimum absolute atomic E-state index is 0.266. The van der Waals surface area contributed by atoms with Crippen molar-refractivity contribution in [1.29, 1.82) is 0 Å². The lowest BCUT2D eigenvalue weighted by Crippen LogP contribution is -2.50. The highest BCUT2D eigenvalue weighted by Crippen LogP contribution is 2.22.